The molecule has 0 aliphatic heterocycles. The van der Waals surface area contributed by atoms with E-state index in [2.05, 4.69) is 35.8 Å². The molecular weight excluding hydrogens is 514 g/mol. The second kappa shape index (κ2) is 9.76. The Morgan fingerprint density at radius 1 is 1.21 bits per heavy atom. The molecular formula is C25H24BrN5O2S. The smallest absolute Gasteiger partial charge is 0.263 e. The third-order valence-corrected chi connectivity index (χ3v) is 7.75. The summed E-state index contributed by atoms with van der Waals surface area (Å²) in [6.45, 7) is 1.87. The number of carbonyl (C=O) groups excluding carboxylic acids is 2. The molecule has 1 fully saturated rings. The fourth-order valence-electron chi connectivity index (χ4n) is 4.67. The van der Waals surface area contributed by atoms with E-state index in [-0.39, 0.29) is 23.8 Å². The van der Waals surface area contributed by atoms with Crippen LogP contribution in [0.1, 0.15) is 65.1 Å². The van der Waals surface area contributed by atoms with Gasteiger partial charge in [-0.05, 0) is 71.9 Å². The molecule has 4 aromatic rings. The maximum absolute atomic E-state index is 12.7. The molecule has 1 N–H and O–H groups in total. The van der Waals surface area contributed by atoms with Crippen molar-refractivity contribution >= 4 is 50.0 Å². The minimum atomic E-state index is -0.0861. The summed E-state index contributed by atoms with van der Waals surface area (Å²) in [5, 5.41) is 3.20. The molecule has 3 heterocycles. The van der Waals surface area contributed by atoms with E-state index in [4.69, 9.17) is 4.98 Å². The number of aromatic nitrogens is 4. The van der Waals surface area contributed by atoms with Gasteiger partial charge in [0.2, 0.25) is 0 Å². The second-order valence-corrected chi connectivity index (χ2v) is 10.8. The molecule has 0 bridgehead atoms. The van der Waals surface area contributed by atoms with Crippen LogP contribution in [0.4, 0.5) is 0 Å². The SMILES string of the molecule is CCC(=O)c1ccc2c(c1)nc(-c1ccccn1)n2C1CCCC(NC(=O)c2cnc(Br)s2)C1. The van der Waals surface area contributed by atoms with Crippen LogP contribution in [0.25, 0.3) is 22.6 Å². The first-order valence-corrected chi connectivity index (χ1v) is 13.0. The van der Waals surface area contributed by atoms with Gasteiger partial charge in [-0.3, -0.25) is 14.6 Å². The fourth-order valence-corrected chi connectivity index (χ4v) is 5.84. The van der Waals surface area contributed by atoms with Crippen LogP contribution in [0.5, 0.6) is 0 Å². The Balaban J connectivity index is 1.49. The van der Waals surface area contributed by atoms with E-state index in [1.165, 1.54) is 11.3 Å². The normalized spacial score (nSPS) is 18.2. The van der Waals surface area contributed by atoms with Crippen molar-refractivity contribution in [3.05, 3.63) is 63.1 Å². The van der Waals surface area contributed by atoms with Crippen molar-refractivity contribution in [2.75, 3.05) is 0 Å². The van der Waals surface area contributed by atoms with Gasteiger partial charge in [0.05, 0.1) is 17.2 Å². The number of benzene rings is 1. The summed E-state index contributed by atoms with van der Waals surface area (Å²) in [7, 11) is 0. The van der Waals surface area contributed by atoms with Crippen molar-refractivity contribution in [1.29, 1.82) is 0 Å². The highest BCUT2D eigenvalue weighted by Crippen LogP contribution is 2.36. The van der Waals surface area contributed by atoms with Crippen molar-refractivity contribution in [1.82, 2.24) is 24.8 Å². The molecule has 1 amide bonds. The largest absolute Gasteiger partial charge is 0.348 e. The first-order valence-electron chi connectivity index (χ1n) is 11.4. The Labute approximate surface area is 209 Å². The predicted octanol–water partition coefficient (Wildman–Crippen LogP) is 5.82. The Morgan fingerprint density at radius 2 is 2.09 bits per heavy atom. The van der Waals surface area contributed by atoms with Crippen LogP contribution < -0.4 is 5.32 Å². The molecule has 0 saturated heterocycles. The van der Waals surface area contributed by atoms with E-state index >= 15 is 0 Å². The quantitative estimate of drug-likeness (QED) is 0.313. The van der Waals surface area contributed by atoms with Crippen molar-refractivity contribution in [3.63, 3.8) is 0 Å². The molecule has 2 atom stereocenters. The standard InChI is InChI=1S/C25H24BrN5O2S/c1-2-21(32)15-9-10-20-19(12-15)30-23(18-8-3-4-11-27-18)31(20)17-7-5-6-16(13-17)29-24(33)22-14-28-25(26)34-22/h3-4,8-12,14,16-17H,2,5-7,13H2,1H3,(H,29,33). The first-order chi connectivity index (χ1) is 16.5. The van der Waals surface area contributed by atoms with Crippen LogP contribution >= 0.6 is 27.3 Å². The Hall–Kier alpha value is -2.91. The Morgan fingerprint density at radius 3 is 2.82 bits per heavy atom. The summed E-state index contributed by atoms with van der Waals surface area (Å²) in [6, 6.07) is 11.8. The molecule has 7 nitrogen and oxygen atoms in total. The number of halogens is 1. The van der Waals surface area contributed by atoms with Crippen LogP contribution in [0.2, 0.25) is 0 Å². The lowest BCUT2D eigenvalue weighted by Crippen LogP contribution is -2.38. The van der Waals surface area contributed by atoms with Gasteiger partial charge in [-0.15, -0.1) is 11.3 Å². The number of nitrogens with zero attached hydrogens (tertiary/aromatic N) is 4. The number of ketones is 1. The number of amides is 1. The summed E-state index contributed by atoms with van der Waals surface area (Å²) in [5.74, 6) is 0.808. The number of rotatable bonds is 6. The second-order valence-electron chi connectivity index (χ2n) is 8.47. The van der Waals surface area contributed by atoms with Crippen molar-refractivity contribution in [2.24, 2.45) is 0 Å². The molecule has 0 spiro atoms. The summed E-state index contributed by atoms with van der Waals surface area (Å²) in [6.07, 6.45) is 7.54. The van der Waals surface area contributed by atoms with E-state index in [9.17, 15) is 9.59 Å². The van der Waals surface area contributed by atoms with E-state index in [1.54, 1.807) is 12.4 Å². The van der Waals surface area contributed by atoms with Gasteiger partial charge in [-0.25, -0.2) is 9.97 Å². The van der Waals surface area contributed by atoms with Crippen LogP contribution in [-0.4, -0.2) is 37.3 Å². The summed E-state index contributed by atoms with van der Waals surface area (Å²) in [5.41, 5.74) is 3.25. The van der Waals surface area contributed by atoms with Gasteiger partial charge in [-0.2, -0.15) is 0 Å². The third-order valence-electron chi connectivity index (χ3n) is 6.27. The van der Waals surface area contributed by atoms with Gasteiger partial charge in [0, 0.05) is 30.3 Å². The van der Waals surface area contributed by atoms with E-state index in [0.29, 0.717) is 20.8 Å². The maximum atomic E-state index is 12.7. The number of hydrogen-bond donors (Lipinski definition) is 1. The van der Waals surface area contributed by atoms with Gasteiger partial charge >= 0.3 is 0 Å². The molecule has 1 saturated carbocycles. The lowest BCUT2D eigenvalue weighted by atomic mass is 9.90. The number of hydrogen-bond acceptors (Lipinski definition) is 6. The van der Waals surface area contributed by atoms with Crippen LogP contribution in [-0.2, 0) is 0 Å². The van der Waals surface area contributed by atoms with Crippen LogP contribution in [0.15, 0.2) is 52.7 Å². The molecule has 1 aliphatic carbocycles. The zero-order valence-corrected chi connectivity index (χ0v) is 21.1. The number of thiazole rings is 1. The highest BCUT2D eigenvalue weighted by Gasteiger charge is 2.29. The minimum Gasteiger partial charge on any atom is -0.348 e. The fraction of sp³-hybridized carbons (Fsp3) is 0.320. The van der Waals surface area contributed by atoms with E-state index in [1.807, 2.05) is 43.3 Å². The average molecular weight is 538 g/mol. The monoisotopic (exact) mass is 537 g/mol. The molecule has 3 aromatic heterocycles. The first kappa shape index (κ1) is 22.9. The van der Waals surface area contributed by atoms with Crippen molar-refractivity contribution < 1.29 is 9.59 Å². The number of pyridine rings is 1. The number of imidazole rings is 1. The molecule has 0 radical (unpaired) electrons. The predicted molar refractivity (Wildman–Crippen MR) is 136 cm³/mol. The molecule has 1 aliphatic rings. The molecule has 174 valence electrons. The Bertz CT molecular complexity index is 1350. The Kier molecular flexibility index (Phi) is 6.56. The number of carbonyl (C=O) groups is 2. The number of fused-ring (bicyclic) bond motifs is 1. The van der Waals surface area contributed by atoms with Crippen molar-refractivity contribution in [3.8, 4) is 11.5 Å². The zero-order chi connectivity index (χ0) is 23.7. The van der Waals surface area contributed by atoms with E-state index < -0.39 is 0 Å². The number of Topliss-reactive ketones (excluding diaryl/α,β-unsaturated/α-hetero) is 1. The topological polar surface area (TPSA) is 89.8 Å². The van der Waals surface area contributed by atoms with Gasteiger partial charge < -0.3 is 9.88 Å². The summed E-state index contributed by atoms with van der Waals surface area (Å²) < 4.78 is 2.95. The minimum absolute atomic E-state index is 0.0575. The number of nitrogens with one attached hydrogen (secondary N) is 1. The highest BCUT2D eigenvalue weighted by atomic mass is 79.9. The van der Waals surface area contributed by atoms with Crippen LogP contribution in [0.3, 0.4) is 0 Å². The molecule has 1 aromatic carbocycles. The van der Waals surface area contributed by atoms with Crippen molar-refractivity contribution in [2.45, 2.75) is 51.1 Å². The highest BCUT2D eigenvalue weighted by molar-refractivity contribution is 9.11. The molecule has 2 unspecified atom stereocenters. The summed E-state index contributed by atoms with van der Waals surface area (Å²) >= 11 is 4.66. The van der Waals surface area contributed by atoms with Gasteiger partial charge in [0.15, 0.2) is 15.5 Å². The van der Waals surface area contributed by atoms with Gasteiger partial charge in [-0.1, -0.05) is 13.0 Å². The lowest BCUT2D eigenvalue weighted by molar-refractivity contribution is 0.0924. The van der Waals surface area contributed by atoms with Gasteiger partial charge in [0.1, 0.15) is 10.6 Å². The average Bonchev–Trinajstić information content (AvgIpc) is 3.47. The molecule has 9 heteroatoms. The molecule has 34 heavy (non-hydrogen) atoms. The van der Waals surface area contributed by atoms with E-state index in [0.717, 1.165) is 48.2 Å². The molecule has 5 rings (SSSR count). The summed E-state index contributed by atoms with van der Waals surface area (Å²) in [4.78, 5) is 39.2. The zero-order valence-electron chi connectivity index (χ0n) is 18.7. The third kappa shape index (κ3) is 4.54. The lowest BCUT2D eigenvalue weighted by Gasteiger charge is -2.31. The van der Waals surface area contributed by atoms with Gasteiger partial charge in [0.25, 0.3) is 5.91 Å². The maximum Gasteiger partial charge on any atom is 0.263 e. The van der Waals surface area contributed by atoms with Crippen LogP contribution in [0, 0.1) is 0 Å².